The Kier molecular flexibility index (Phi) is 6.67. The number of ether oxygens (including phenoxy) is 3. The van der Waals surface area contributed by atoms with E-state index in [0.29, 0.717) is 11.4 Å². The SMILES string of the molecule is COc1cccc(OC)c1C(=O)OC(C)C(=O)Nc1c(C)n(C)n(-c2ccccc2)c1=O. The minimum Gasteiger partial charge on any atom is -0.496 e. The van der Waals surface area contributed by atoms with Gasteiger partial charge in [-0.3, -0.25) is 14.3 Å². The van der Waals surface area contributed by atoms with Crippen LogP contribution in [0.1, 0.15) is 23.0 Å². The molecule has 9 nitrogen and oxygen atoms in total. The van der Waals surface area contributed by atoms with E-state index in [4.69, 9.17) is 14.2 Å². The highest BCUT2D eigenvalue weighted by molar-refractivity contribution is 6.00. The smallest absolute Gasteiger partial charge is 0.346 e. The van der Waals surface area contributed by atoms with Gasteiger partial charge < -0.3 is 19.5 Å². The largest absolute Gasteiger partial charge is 0.496 e. The molecule has 3 rings (SSSR count). The number of benzene rings is 2. The predicted octanol–water partition coefficient (Wildman–Crippen LogP) is 2.69. The van der Waals surface area contributed by atoms with E-state index in [1.54, 1.807) is 49.0 Å². The summed E-state index contributed by atoms with van der Waals surface area (Å²) in [5.74, 6) is -0.912. The Bertz CT molecular complexity index is 1170. The molecular weight excluding hydrogens is 414 g/mol. The highest BCUT2D eigenvalue weighted by Gasteiger charge is 2.26. The van der Waals surface area contributed by atoms with Crippen LogP contribution in [0.15, 0.2) is 53.3 Å². The second-order valence-corrected chi connectivity index (χ2v) is 7.01. The maximum Gasteiger partial charge on any atom is 0.346 e. The third-order valence-electron chi connectivity index (χ3n) is 5.09. The first-order chi connectivity index (χ1) is 15.3. The van der Waals surface area contributed by atoms with E-state index in [0.717, 1.165) is 0 Å². The lowest BCUT2D eigenvalue weighted by molar-refractivity contribution is -0.123. The summed E-state index contributed by atoms with van der Waals surface area (Å²) in [4.78, 5) is 38.4. The second kappa shape index (κ2) is 9.42. The molecule has 1 N–H and O–H groups in total. The van der Waals surface area contributed by atoms with Crippen LogP contribution >= 0.6 is 0 Å². The van der Waals surface area contributed by atoms with Crippen molar-refractivity contribution < 1.29 is 23.8 Å². The van der Waals surface area contributed by atoms with E-state index in [2.05, 4.69) is 5.32 Å². The van der Waals surface area contributed by atoms with E-state index in [-0.39, 0.29) is 22.7 Å². The van der Waals surface area contributed by atoms with E-state index in [1.807, 2.05) is 18.2 Å². The normalized spacial score (nSPS) is 11.5. The Balaban J connectivity index is 1.82. The van der Waals surface area contributed by atoms with Crippen molar-refractivity contribution in [3.05, 3.63) is 70.1 Å². The Hall–Kier alpha value is -4.01. The van der Waals surface area contributed by atoms with Crippen LogP contribution in [0.25, 0.3) is 5.69 Å². The Morgan fingerprint density at radius 3 is 2.12 bits per heavy atom. The van der Waals surface area contributed by atoms with E-state index in [1.165, 1.54) is 25.8 Å². The van der Waals surface area contributed by atoms with Gasteiger partial charge in [0, 0.05) is 7.05 Å². The lowest BCUT2D eigenvalue weighted by Crippen LogP contribution is -2.32. The number of hydrogen-bond donors (Lipinski definition) is 1. The summed E-state index contributed by atoms with van der Waals surface area (Å²) in [6.07, 6.45) is -1.18. The molecular formula is C23H25N3O6. The molecule has 1 unspecified atom stereocenters. The minimum absolute atomic E-state index is 0.0690. The van der Waals surface area contributed by atoms with Crippen molar-refractivity contribution in [1.29, 1.82) is 0 Å². The first-order valence-electron chi connectivity index (χ1n) is 9.87. The number of anilines is 1. The molecule has 0 aliphatic rings. The number of esters is 1. The van der Waals surface area contributed by atoms with Crippen molar-refractivity contribution in [2.75, 3.05) is 19.5 Å². The van der Waals surface area contributed by atoms with Gasteiger partial charge in [-0.15, -0.1) is 0 Å². The van der Waals surface area contributed by atoms with Gasteiger partial charge >= 0.3 is 5.97 Å². The number of hydrogen-bond acceptors (Lipinski definition) is 6. The first-order valence-corrected chi connectivity index (χ1v) is 9.87. The zero-order valence-corrected chi connectivity index (χ0v) is 18.5. The highest BCUT2D eigenvalue weighted by Crippen LogP contribution is 2.29. The molecule has 1 amide bonds. The van der Waals surface area contributed by atoms with Crippen LogP contribution in [0.3, 0.4) is 0 Å². The molecule has 0 aliphatic heterocycles. The third kappa shape index (κ3) is 4.22. The van der Waals surface area contributed by atoms with Crippen molar-refractivity contribution >= 4 is 17.6 Å². The Morgan fingerprint density at radius 1 is 0.969 bits per heavy atom. The summed E-state index contributed by atoms with van der Waals surface area (Å²) < 4.78 is 18.8. The van der Waals surface area contributed by atoms with Gasteiger partial charge in [0.1, 0.15) is 22.7 Å². The lowest BCUT2D eigenvalue weighted by atomic mass is 10.1. The topological polar surface area (TPSA) is 101 Å². The van der Waals surface area contributed by atoms with E-state index >= 15 is 0 Å². The molecule has 9 heteroatoms. The highest BCUT2D eigenvalue weighted by atomic mass is 16.6. The number of rotatable bonds is 7. The molecule has 0 aliphatic carbocycles. The molecule has 1 aromatic heterocycles. The molecule has 32 heavy (non-hydrogen) atoms. The summed E-state index contributed by atoms with van der Waals surface area (Å²) in [6.45, 7) is 3.13. The Labute approximate surface area is 185 Å². The van der Waals surface area contributed by atoms with Crippen molar-refractivity contribution in [1.82, 2.24) is 9.36 Å². The first kappa shape index (κ1) is 22.7. The number of aromatic nitrogens is 2. The second-order valence-electron chi connectivity index (χ2n) is 7.01. The standard InChI is InChI=1S/C23H25N3O6/c1-14-20(22(28)26(25(14)3)16-10-7-6-8-11-16)24-21(27)15(2)32-23(29)19-17(30-4)12-9-13-18(19)31-5/h6-13,15H,1-5H3,(H,24,27). The summed E-state index contributed by atoms with van der Waals surface area (Å²) in [5.41, 5.74) is 0.997. The molecule has 0 saturated carbocycles. The summed E-state index contributed by atoms with van der Waals surface area (Å²) >= 11 is 0. The monoisotopic (exact) mass is 439 g/mol. The van der Waals surface area contributed by atoms with Crippen LogP contribution in [0.5, 0.6) is 11.5 Å². The predicted molar refractivity (Wildman–Crippen MR) is 119 cm³/mol. The number of carbonyl (C=O) groups excluding carboxylic acids is 2. The van der Waals surface area contributed by atoms with Gasteiger partial charge in [0.25, 0.3) is 11.5 Å². The maximum absolute atomic E-state index is 13.0. The molecule has 168 valence electrons. The zero-order chi connectivity index (χ0) is 23.4. The summed E-state index contributed by atoms with van der Waals surface area (Å²) in [7, 11) is 4.55. The summed E-state index contributed by atoms with van der Waals surface area (Å²) in [5, 5.41) is 2.59. The molecule has 0 radical (unpaired) electrons. The molecule has 0 bridgehead atoms. The van der Waals surface area contributed by atoms with Crippen molar-refractivity contribution in [2.45, 2.75) is 20.0 Å². The van der Waals surface area contributed by atoms with Crippen molar-refractivity contribution in [3.63, 3.8) is 0 Å². The van der Waals surface area contributed by atoms with Gasteiger partial charge in [0.05, 0.1) is 25.6 Å². The van der Waals surface area contributed by atoms with Gasteiger partial charge in [-0.1, -0.05) is 24.3 Å². The Morgan fingerprint density at radius 2 is 1.56 bits per heavy atom. The molecule has 2 aromatic carbocycles. The molecule has 3 aromatic rings. The third-order valence-corrected chi connectivity index (χ3v) is 5.09. The van der Waals surface area contributed by atoms with Crippen molar-refractivity contribution in [3.8, 4) is 17.2 Å². The molecule has 1 atom stereocenters. The zero-order valence-electron chi connectivity index (χ0n) is 18.5. The van der Waals surface area contributed by atoms with Gasteiger partial charge in [-0.25, -0.2) is 9.48 Å². The van der Waals surface area contributed by atoms with Gasteiger partial charge in [0.15, 0.2) is 6.10 Å². The summed E-state index contributed by atoms with van der Waals surface area (Å²) in [6, 6.07) is 13.9. The fourth-order valence-corrected chi connectivity index (χ4v) is 3.26. The average molecular weight is 439 g/mol. The van der Waals surface area contributed by atoms with Crippen molar-refractivity contribution in [2.24, 2.45) is 7.05 Å². The molecule has 0 saturated heterocycles. The number of amides is 1. The van der Waals surface area contributed by atoms with Gasteiger partial charge in [-0.05, 0) is 38.1 Å². The number of carbonyl (C=O) groups is 2. The van der Waals surface area contributed by atoms with Gasteiger partial charge in [-0.2, -0.15) is 0 Å². The fraction of sp³-hybridized carbons (Fsp3) is 0.261. The maximum atomic E-state index is 13.0. The van der Waals surface area contributed by atoms with E-state index in [9.17, 15) is 14.4 Å². The van der Waals surface area contributed by atoms with E-state index < -0.39 is 23.5 Å². The average Bonchev–Trinajstić information content (AvgIpc) is 3.01. The quantitative estimate of drug-likeness (QED) is 0.568. The number of para-hydroxylation sites is 1. The lowest BCUT2D eigenvalue weighted by Gasteiger charge is -2.16. The van der Waals surface area contributed by atoms with Crippen LogP contribution in [0.2, 0.25) is 0 Å². The minimum atomic E-state index is -1.18. The van der Waals surface area contributed by atoms with Gasteiger partial charge in [0.2, 0.25) is 0 Å². The van der Waals surface area contributed by atoms with Crippen LogP contribution < -0.4 is 20.3 Å². The number of nitrogens with one attached hydrogen (secondary N) is 1. The molecule has 0 fully saturated rings. The van der Waals surface area contributed by atoms with Crippen LogP contribution in [-0.4, -0.2) is 41.6 Å². The van der Waals surface area contributed by atoms with Crippen LogP contribution in [0.4, 0.5) is 5.69 Å². The van der Waals surface area contributed by atoms with Crippen LogP contribution in [-0.2, 0) is 16.6 Å². The number of nitrogens with zero attached hydrogens (tertiary/aromatic N) is 2. The molecule has 0 spiro atoms. The fourth-order valence-electron chi connectivity index (χ4n) is 3.26. The number of methoxy groups -OCH3 is 2. The molecule has 1 heterocycles. The van der Waals surface area contributed by atoms with Crippen LogP contribution in [0, 0.1) is 6.92 Å².